The number of amides is 2. The van der Waals surface area contributed by atoms with Crippen molar-refractivity contribution in [2.45, 2.75) is 18.2 Å². The number of likely N-dealkylation sites (N-methyl/N-ethyl adjacent to an activating group) is 1. The number of hydrogen-bond acceptors (Lipinski definition) is 4. The Morgan fingerprint density at radius 1 is 1.00 bits per heavy atom. The van der Waals surface area contributed by atoms with Crippen LogP contribution in [-0.2, 0) is 21.2 Å². The Morgan fingerprint density at radius 2 is 1.59 bits per heavy atom. The van der Waals surface area contributed by atoms with E-state index in [0.29, 0.717) is 5.56 Å². The van der Waals surface area contributed by atoms with Crippen molar-refractivity contribution in [1.82, 2.24) is 15.2 Å². The average Bonchev–Trinajstić information content (AvgIpc) is 2.66. The van der Waals surface area contributed by atoms with Crippen LogP contribution in [0.3, 0.4) is 0 Å². The molecule has 0 aromatic heterocycles. The molecule has 0 saturated heterocycles. The van der Waals surface area contributed by atoms with Crippen molar-refractivity contribution in [3.8, 4) is 0 Å². The number of rotatable bonds is 6. The third kappa shape index (κ3) is 5.62. The van der Waals surface area contributed by atoms with Crippen molar-refractivity contribution in [2.24, 2.45) is 0 Å². The fourth-order valence-electron chi connectivity index (χ4n) is 2.20. The second-order valence-electron chi connectivity index (χ2n) is 5.77. The van der Waals surface area contributed by atoms with Crippen LogP contribution in [0.25, 0.3) is 0 Å². The van der Waals surface area contributed by atoms with Crippen LogP contribution in [0, 0.1) is 0 Å². The lowest BCUT2D eigenvalue weighted by atomic mass is 10.1. The minimum Gasteiger partial charge on any atom is -0.272 e. The first-order valence-corrected chi connectivity index (χ1v) is 10.4. The van der Waals surface area contributed by atoms with E-state index in [1.165, 1.54) is 19.2 Å². The van der Waals surface area contributed by atoms with E-state index < -0.39 is 28.4 Å². The Balaban J connectivity index is 1.92. The van der Waals surface area contributed by atoms with Gasteiger partial charge in [-0.2, -0.15) is 4.31 Å². The first-order chi connectivity index (χ1) is 12.7. The fourth-order valence-corrected chi connectivity index (χ4v) is 3.60. The summed E-state index contributed by atoms with van der Waals surface area (Å²) in [5.41, 5.74) is 5.98. The smallest absolute Gasteiger partial charge is 0.269 e. The van der Waals surface area contributed by atoms with Crippen LogP contribution in [0.1, 0.15) is 22.8 Å². The number of sulfonamides is 1. The van der Waals surface area contributed by atoms with Gasteiger partial charge in [-0.3, -0.25) is 20.4 Å². The topological polar surface area (TPSA) is 95.6 Å². The van der Waals surface area contributed by atoms with Gasteiger partial charge in [-0.15, -0.1) is 0 Å². The van der Waals surface area contributed by atoms with Gasteiger partial charge in [0, 0.05) is 17.1 Å². The third-order valence-corrected chi connectivity index (χ3v) is 6.17. The summed E-state index contributed by atoms with van der Waals surface area (Å²) in [5, 5.41) is 0. The van der Waals surface area contributed by atoms with Crippen molar-refractivity contribution in [1.29, 1.82) is 0 Å². The standard InChI is InChI=1S/C18H20BrN3O4S/c1-3-13-4-6-14(7-5-13)18(24)21-20-17(23)12-22(2)27(25,26)16-10-8-15(19)9-11-16/h4-11H,3,12H2,1-2H3,(H,20,23)(H,21,24). The van der Waals surface area contributed by atoms with Gasteiger partial charge in [-0.1, -0.05) is 35.0 Å². The van der Waals surface area contributed by atoms with E-state index in [0.717, 1.165) is 20.8 Å². The van der Waals surface area contributed by atoms with E-state index in [1.807, 2.05) is 19.1 Å². The Kier molecular flexibility index (Phi) is 7.11. The van der Waals surface area contributed by atoms with E-state index in [2.05, 4.69) is 26.8 Å². The maximum Gasteiger partial charge on any atom is 0.269 e. The molecule has 27 heavy (non-hydrogen) atoms. The molecule has 2 N–H and O–H groups in total. The van der Waals surface area contributed by atoms with Crippen LogP contribution in [0.2, 0.25) is 0 Å². The number of nitrogens with zero attached hydrogens (tertiary/aromatic N) is 1. The molecule has 144 valence electrons. The highest BCUT2D eigenvalue weighted by Crippen LogP contribution is 2.17. The summed E-state index contributed by atoms with van der Waals surface area (Å²) < 4.78 is 26.5. The highest BCUT2D eigenvalue weighted by molar-refractivity contribution is 9.10. The number of carbonyl (C=O) groups is 2. The van der Waals surface area contributed by atoms with Crippen LogP contribution in [0.5, 0.6) is 0 Å². The van der Waals surface area contributed by atoms with E-state index >= 15 is 0 Å². The Labute approximate surface area is 166 Å². The molecule has 2 rings (SSSR count). The SMILES string of the molecule is CCc1ccc(C(=O)NNC(=O)CN(C)S(=O)(=O)c2ccc(Br)cc2)cc1. The van der Waals surface area contributed by atoms with Crippen LogP contribution in [0.15, 0.2) is 57.9 Å². The number of benzene rings is 2. The molecular weight excluding hydrogens is 434 g/mol. The summed E-state index contributed by atoms with van der Waals surface area (Å²) in [6.07, 6.45) is 0.859. The Bertz CT molecular complexity index is 913. The molecule has 2 amide bonds. The first-order valence-electron chi connectivity index (χ1n) is 8.14. The minimum atomic E-state index is -3.81. The molecule has 0 radical (unpaired) electrons. The van der Waals surface area contributed by atoms with Crippen LogP contribution in [0.4, 0.5) is 0 Å². The van der Waals surface area contributed by atoms with Crippen molar-refractivity contribution >= 4 is 37.8 Å². The maximum absolute atomic E-state index is 12.4. The summed E-state index contributed by atoms with van der Waals surface area (Å²) in [4.78, 5) is 24.1. The zero-order valence-electron chi connectivity index (χ0n) is 14.9. The summed E-state index contributed by atoms with van der Waals surface area (Å²) >= 11 is 3.24. The number of hydrogen-bond donors (Lipinski definition) is 2. The van der Waals surface area contributed by atoms with Gasteiger partial charge >= 0.3 is 0 Å². The van der Waals surface area contributed by atoms with Gasteiger partial charge in [0.15, 0.2) is 0 Å². The summed E-state index contributed by atoms with van der Waals surface area (Å²) in [6.45, 7) is 1.57. The normalized spacial score (nSPS) is 11.3. The van der Waals surface area contributed by atoms with Crippen molar-refractivity contribution in [3.63, 3.8) is 0 Å². The molecule has 2 aromatic carbocycles. The number of halogens is 1. The van der Waals surface area contributed by atoms with Gasteiger partial charge in [-0.05, 0) is 48.4 Å². The first kappa shape index (κ1) is 21.1. The molecule has 0 unspecified atom stereocenters. The monoisotopic (exact) mass is 453 g/mol. The predicted octanol–water partition coefficient (Wildman–Crippen LogP) is 2.09. The van der Waals surface area contributed by atoms with Crippen LogP contribution in [-0.4, -0.2) is 38.1 Å². The second-order valence-corrected chi connectivity index (χ2v) is 8.73. The quantitative estimate of drug-likeness (QED) is 0.654. The van der Waals surface area contributed by atoms with Gasteiger partial charge in [0.1, 0.15) is 0 Å². The largest absolute Gasteiger partial charge is 0.272 e. The Morgan fingerprint density at radius 3 is 2.15 bits per heavy atom. The molecule has 7 nitrogen and oxygen atoms in total. The van der Waals surface area contributed by atoms with Crippen molar-refractivity contribution in [2.75, 3.05) is 13.6 Å². The summed E-state index contributed by atoms with van der Waals surface area (Å²) in [7, 11) is -2.52. The van der Waals surface area contributed by atoms with E-state index in [1.54, 1.807) is 24.3 Å². The molecule has 0 aliphatic rings. The lowest BCUT2D eigenvalue weighted by molar-refractivity contribution is -0.121. The van der Waals surface area contributed by atoms with Crippen LogP contribution < -0.4 is 10.9 Å². The molecule has 0 atom stereocenters. The molecule has 9 heteroatoms. The van der Waals surface area contributed by atoms with Gasteiger partial charge in [0.2, 0.25) is 10.0 Å². The van der Waals surface area contributed by atoms with E-state index in [-0.39, 0.29) is 4.90 Å². The average molecular weight is 454 g/mol. The minimum absolute atomic E-state index is 0.0704. The molecule has 2 aromatic rings. The second kappa shape index (κ2) is 9.12. The zero-order valence-corrected chi connectivity index (χ0v) is 17.3. The number of aryl methyl sites for hydroxylation is 1. The number of carbonyl (C=O) groups excluding carboxylic acids is 2. The zero-order chi connectivity index (χ0) is 20.0. The number of hydrazine groups is 1. The third-order valence-electron chi connectivity index (χ3n) is 3.83. The van der Waals surface area contributed by atoms with Gasteiger partial charge in [-0.25, -0.2) is 8.42 Å². The summed E-state index contributed by atoms with van der Waals surface area (Å²) in [5.74, 6) is -1.14. The Hall–Kier alpha value is -2.23. The fraction of sp³-hybridized carbons (Fsp3) is 0.222. The molecule has 0 saturated carbocycles. The lowest BCUT2D eigenvalue weighted by Crippen LogP contribution is -2.46. The highest BCUT2D eigenvalue weighted by atomic mass is 79.9. The van der Waals surface area contributed by atoms with Gasteiger partial charge in [0.05, 0.1) is 11.4 Å². The summed E-state index contributed by atoms with van der Waals surface area (Å²) in [6, 6.07) is 13.1. The molecule has 0 heterocycles. The molecule has 0 spiro atoms. The molecule has 0 aliphatic heterocycles. The lowest BCUT2D eigenvalue weighted by Gasteiger charge is -2.17. The highest BCUT2D eigenvalue weighted by Gasteiger charge is 2.23. The van der Waals surface area contributed by atoms with Crippen LogP contribution >= 0.6 is 15.9 Å². The number of nitrogens with one attached hydrogen (secondary N) is 2. The molecule has 0 fully saturated rings. The van der Waals surface area contributed by atoms with Crippen molar-refractivity contribution in [3.05, 3.63) is 64.1 Å². The molecular formula is C18H20BrN3O4S. The molecule has 0 aliphatic carbocycles. The van der Waals surface area contributed by atoms with Gasteiger partial charge < -0.3 is 0 Å². The van der Waals surface area contributed by atoms with E-state index in [9.17, 15) is 18.0 Å². The van der Waals surface area contributed by atoms with Gasteiger partial charge in [0.25, 0.3) is 11.8 Å². The molecule has 0 bridgehead atoms. The van der Waals surface area contributed by atoms with Crippen molar-refractivity contribution < 1.29 is 18.0 Å². The van der Waals surface area contributed by atoms with E-state index in [4.69, 9.17) is 0 Å². The predicted molar refractivity (Wildman–Crippen MR) is 105 cm³/mol. The maximum atomic E-state index is 12.4.